The van der Waals surface area contributed by atoms with E-state index in [0.29, 0.717) is 4.47 Å². The average Bonchev–Trinajstić information content (AvgIpc) is 1.86. The molecule has 0 spiro atoms. The van der Waals surface area contributed by atoms with Crippen molar-refractivity contribution in [3.05, 3.63) is 28.7 Å². The Morgan fingerprint density at radius 2 is 1.92 bits per heavy atom. The van der Waals surface area contributed by atoms with Gasteiger partial charge >= 0.3 is 0 Å². The van der Waals surface area contributed by atoms with Crippen LogP contribution in [0.25, 0.3) is 0 Å². The molecule has 6 heteroatoms. The molecule has 0 aliphatic rings. The minimum absolute atomic E-state index is 0. The van der Waals surface area contributed by atoms with E-state index in [2.05, 4.69) is 15.9 Å². The number of rotatable bonds is 1. The Morgan fingerprint density at radius 3 is 2.25 bits per heavy atom. The summed E-state index contributed by atoms with van der Waals surface area (Å²) in [6.07, 6.45) is 0. The summed E-state index contributed by atoms with van der Waals surface area (Å²) in [5.74, 6) is 0. The first-order chi connectivity index (χ1) is 5.00. The van der Waals surface area contributed by atoms with Crippen LogP contribution in [-0.2, 0) is 10.1 Å². The standard InChI is InChI=1S/C6H5BrO3S.Na/c7-5-2-1-3-6(4-5)11(8,9)10;/h1-4H,(H,8,9,10);. The molecule has 0 bridgehead atoms. The quantitative estimate of drug-likeness (QED) is 0.612. The summed E-state index contributed by atoms with van der Waals surface area (Å²) in [6.45, 7) is 0. The van der Waals surface area contributed by atoms with Crippen molar-refractivity contribution in [1.29, 1.82) is 0 Å². The normalized spacial score (nSPS) is 10.5. The van der Waals surface area contributed by atoms with Crippen LogP contribution in [0.4, 0.5) is 0 Å². The number of benzene rings is 1. The third-order valence-electron chi connectivity index (χ3n) is 1.09. The summed E-state index contributed by atoms with van der Waals surface area (Å²) in [4.78, 5) is -0.105. The summed E-state index contributed by atoms with van der Waals surface area (Å²) < 4.78 is 30.2. The number of halogens is 1. The van der Waals surface area contributed by atoms with Crippen LogP contribution in [0.3, 0.4) is 0 Å². The van der Waals surface area contributed by atoms with E-state index in [1.54, 1.807) is 6.07 Å². The van der Waals surface area contributed by atoms with Gasteiger partial charge in [0.05, 0.1) is 4.90 Å². The third kappa shape index (κ3) is 3.55. The van der Waals surface area contributed by atoms with Gasteiger partial charge in [-0.3, -0.25) is 4.55 Å². The minimum atomic E-state index is -4.06. The molecular formula is C6H5BrNaO3S. The molecule has 3 nitrogen and oxygen atoms in total. The molecule has 0 unspecified atom stereocenters. The van der Waals surface area contributed by atoms with Crippen LogP contribution in [0.15, 0.2) is 33.6 Å². The molecule has 61 valence electrons. The maximum atomic E-state index is 10.5. The minimum Gasteiger partial charge on any atom is -0.282 e. The van der Waals surface area contributed by atoms with Crippen LogP contribution >= 0.6 is 15.9 Å². The van der Waals surface area contributed by atoms with Crippen LogP contribution in [-0.4, -0.2) is 42.5 Å². The van der Waals surface area contributed by atoms with Crippen molar-refractivity contribution in [1.82, 2.24) is 0 Å². The molecule has 0 saturated carbocycles. The summed E-state index contributed by atoms with van der Waals surface area (Å²) in [5.41, 5.74) is 0. The molecule has 1 radical (unpaired) electrons. The van der Waals surface area contributed by atoms with Crippen LogP contribution in [0.2, 0.25) is 0 Å². The predicted octanol–water partition coefficient (Wildman–Crippen LogP) is 1.32. The van der Waals surface area contributed by atoms with E-state index >= 15 is 0 Å². The van der Waals surface area contributed by atoms with E-state index in [4.69, 9.17) is 4.55 Å². The van der Waals surface area contributed by atoms with Gasteiger partial charge in [-0.15, -0.1) is 0 Å². The van der Waals surface area contributed by atoms with E-state index < -0.39 is 10.1 Å². The molecule has 0 aliphatic carbocycles. The molecular weight excluding hydrogens is 255 g/mol. The Kier molecular flexibility index (Phi) is 4.98. The van der Waals surface area contributed by atoms with Gasteiger partial charge in [0, 0.05) is 34.0 Å². The van der Waals surface area contributed by atoms with Gasteiger partial charge in [-0.05, 0) is 18.2 Å². The first kappa shape index (κ1) is 12.6. The van der Waals surface area contributed by atoms with Gasteiger partial charge in [0.15, 0.2) is 0 Å². The van der Waals surface area contributed by atoms with Crippen molar-refractivity contribution in [2.24, 2.45) is 0 Å². The van der Waals surface area contributed by atoms with E-state index in [9.17, 15) is 8.42 Å². The maximum Gasteiger partial charge on any atom is 0.294 e. The first-order valence-electron chi connectivity index (χ1n) is 2.73. The molecule has 0 heterocycles. The summed E-state index contributed by atoms with van der Waals surface area (Å²) in [5, 5.41) is 0. The average molecular weight is 260 g/mol. The maximum absolute atomic E-state index is 10.5. The zero-order chi connectivity index (χ0) is 8.48. The van der Waals surface area contributed by atoms with E-state index in [-0.39, 0.29) is 34.5 Å². The molecule has 1 aromatic rings. The fourth-order valence-corrected chi connectivity index (χ4v) is 1.70. The van der Waals surface area contributed by atoms with Gasteiger partial charge in [0.25, 0.3) is 10.1 Å². The molecule has 0 aliphatic heterocycles. The van der Waals surface area contributed by atoms with E-state index in [1.807, 2.05) is 0 Å². The summed E-state index contributed by atoms with van der Waals surface area (Å²) in [7, 11) is -4.06. The van der Waals surface area contributed by atoms with Crippen molar-refractivity contribution in [3.63, 3.8) is 0 Å². The topological polar surface area (TPSA) is 54.4 Å². The van der Waals surface area contributed by atoms with Gasteiger partial charge in [-0.2, -0.15) is 8.42 Å². The Balaban J connectivity index is 0.00000121. The fraction of sp³-hybridized carbons (Fsp3) is 0. The smallest absolute Gasteiger partial charge is 0.282 e. The predicted molar refractivity (Wildman–Crippen MR) is 49.7 cm³/mol. The van der Waals surface area contributed by atoms with Gasteiger partial charge in [-0.1, -0.05) is 22.0 Å². The van der Waals surface area contributed by atoms with Crippen molar-refractivity contribution in [2.45, 2.75) is 4.90 Å². The molecule has 0 amide bonds. The Bertz CT molecular complexity index is 363. The zero-order valence-corrected chi connectivity index (χ0v) is 10.8. The fourth-order valence-electron chi connectivity index (χ4n) is 0.627. The van der Waals surface area contributed by atoms with E-state index in [1.165, 1.54) is 18.2 Å². The molecule has 0 fully saturated rings. The van der Waals surface area contributed by atoms with Crippen molar-refractivity contribution in [3.8, 4) is 0 Å². The zero-order valence-electron chi connectivity index (χ0n) is 6.36. The largest absolute Gasteiger partial charge is 0.294 e. The molecule has 0 saturated heterocycles. The van der Waals surface area contributed by atoms with Crippen LogP contribution in [0.1, 0.15) is 0 Å². The Morgan fingerprint density at radius 1 is 1.33 bits per heavy atom. The third-order valence-corrected chi connectivity index (χ3v) is 2.44. The Hall–Kier alpha value is 0.610. The van der Waals surface area contributed by atoms with Crippen molar-refractivity contribution in [2.75, 3.05) is 0 Å². The molecule has 1 rings (SSSR count). The van der Waals surface area contributed by atoms with Gasteiger partial charge in [-0.25, -0.2) is 0 Å². The SMILES string of the molecule is O=S(=O)(O)c1cccc(Br)c1.[Na]. The van der Waals surface area contributed by atoms with Gasteiger partial charge < -0.3 is 0 Å². The van der Waals surface area contributed by atoms with E-state index in [0.717, 1.165) is 0 Å². The molecule has 1 N–H and O–H groups in total. The van der Waals surface area contributed by atoms with Crippen molar-refractivity contribution < 1.29 is 13.0 Å². The van der Waals surface area contributed by atoms with Crippen LogP contribution in [0.5, 0.6) is 0 Å². The number of hydrogen-bond donors (Lipinski definition) is 1. The summed E-state index contributed by atoms with van der Waals surface area (Å²) >= 11 is 3.08. The molecule has 0 aromatic heterocycles. The van der Waals surface area contributed by atoms with Crippen LogP contribution in [0, 0.1) is 0 Å². The molecule has 12 heavy (non-hydrogen) atoms. The first-order valence-corrected chi connectivity index (χ1v) is 4.96. The monoisotopic (exact) mass is 259 g/mol. The second-order valence-corrected chi connectivity index (χ2v) is 4.27. The second kappa shape index (κ2) is 4.74. The van der Waals surface area contributed by atoms with Crippen molar-refractivity contribution >= 4 is 55.6 Å². The Labute approximate surface area is 101 Å². The molecule has 1 aromatic carbocycles. The van der Waals surface area contributed by atoms with Gasteiger partial charge in [0.1, 0.15) is 0 Å². The van der Waals surface area contributed by atoms with Crippen LogP contribution < -0.4 is 0 Å². The number of hydrogen-bond acceptors (Lipinski definition) is 2. The summed E-state index contributed by atoms with van der Waals surface area (Å²) in [6, 6.07) is 5.86. The molecule has 0 atom stereocenters. The second-order valence-electron chi connectivity index (χ2n) is 1.93. The van der Waals surface area contributed by atoms with Gasteiger partial charge in [0.2, 0.25) is 0 Å².